The maximum absolute atomic E-state index is 13.5. The maximum Gasteiger partial charge on any atom is 0.416 e. The van der Waals surface area contributed by atoms with Gasteiger partial charge >= 0.3 is 6.18 Å². The second kappa shape index (κ2) is 9.41. The van der Waals surface area contributed by atoms with Crippen molar-refractivity contribution in [2.75, 3.05) is 11.4 Å². The minimum absolute atomic E-state index is 0.0311. The van der Waals surface area contributed by atoms with E-state index >= 15 is 0 Å². The number of aryl methyl sites for hydroxylation is 1. The Morgan fingerprint density at radius 2 is 1.80 bits per heavy atom. The Labute approximate surface area is 205 Å². The van der Waals surface area contributed by atoms with Crippen molar-refractivity contribution in [1.29, 1.82) is 0 Å². The summed E-state index contributed by atoms with van der Waals surface area (Å²) in [4.78, 5) is 19.8. The predicted molar refractivity (Wildman–Crippen MR) is 133 cm³/mol. The largest absolute Gasteiger partial charge is 0.416 e. The Hall–Kier alpha value is -3.26. The molecule has 180 valence electrons. The lowest BCUT2D eigenvalue weighted by Gasteiger charge is -2.31. The minimum Gasteiger partial charge on any atom is -0.314 e. The maximum atomic E-state index is 13.5. The summed E-state index contributed by atoms with van der Waals surface area (Å²) in [5.74, 6) is -0.0311. The number of hydrogen-bond acceptors (Lipinski definition) is 3. The van der Waals surface area contributed by atoms with Crippen LogP contribution >= 0.6 is 11.8 Å². The van der Waals surface area contributed by atoms with Crippen molar-refractivity contribution in [3.05, 3.63) is 89.5 Å². The molecule has 1 aromatic heterocycles. The Bertz CT molecular complexity index is 1370. The predicted octanol–water partition coefficient (Wildman–Crippen LogP) is 6.56. The monoisotopic (exact) mass is 495 g/mol. The average molecular weight is 496 g/mol. The van der Waals surface area contributed by atoms with Gasteiger partial charge in [-0.1, -0.05) is 60.3 Å². The Morgan fingerprint density at radius 1 is 1.06 bits per heavy atom. The van der Waals surface area contributed by atoms with E-state index in [1.165, 1.54) is 17.8 Å². The van der Waals surface area contributed by atoms with Crippen molar-refractivity contribution >= 4 is 34.4 Å². The molecule has 1 amide bonds. The Kier molecular flexibility index (Phi) is 6.32. The first kappa shape index (κ1) is 23.5. The molecule has 2 heterocycles. The van der Waals surface area contributed by atoms with Gasteiger partial charge in [-0.05, 0) is 55.2 Å². The second-order valence-electron chi connectivity index (χ2n) is 8.65. The molecule has 1 aliphatic heterocycles. The van der Waals surface area contributed by atoms with Gasteiger partial charge in [0.25, 0.3) is 0 Å². The fourth-order valence-electron chi connectivity index (χ4n) is 4.48. The third-order valence-electron chi connectivity index (χ3n) is 6.23. The van der Waals surface area contributed by atoms with Crippen LogP contribution in [-0.4, -0.2) is 27.3 Å². The van der Waals surface area contributed by atoms with E-state index in [9.17, 15) is 18.0 Å². The van der Waals surface area contributed by atoms with Crippen molar-refractivity contribution in [3.63, 3.8) is 0 Å². The summed E-state index contributed by atoms with van der Waals surface area (Å²) in [6.45, 7) is 2.92. The van der Waals surface area contributed by atoms with E-state index < -0.39 is 17.0 Å². The van der Waals surface area contributed by atoms with E-state index in [2.05, 4.69) is 4.98 Å². The quantitative estimate of drug-likeness (QED) is 0.294. The number of amides is 1. The Morgan fingerprint density at radius 3 is 2.57 bits per heavy atom. The summed E-state index contributed by atoms with van der Waals surface area (Å²) in [5, 5.41) is 0.0592. The van der Waals surface area contributed by atoms with Gasteiger partial charge in [-0.2, -0.15) is 13.2 Å². The van der Waals surface area contributed by atoms with Crippen LogP contribution in [-0.2, 0) is 23.9 Å². The number of rotatable bonds is 5. The van der Waals surface area contributed by atoms with Crippen molar-refractivity contribution in [2.45, 2.75) is 42.9 Å². The molecule has 1 unspecified atom stereocenters. The zero-order valence-electron chi connectivity index (χ0n) is 19.1. The third-order valence-corrected chi connectivity index (χ3v) is 7.31. The fourth-order valence-corrected chi connectivity index (χ4v) is 5.47. The topological polar surface area (TPSA) is 38.1 Å². The molecule has 0 saturated heterocycles. The van der Waals surface area contributed by atoms with Crippen molar-refractivity contribution in [2.24, 2.45) is 0 Å². The van der Waals surface area contributed by atoms with Crippen LogP contribution in [0.15, 0.2) is 78.0 Å². The van der Waals surface area contributed by atoms with Gasteiger partial charge in [0.05, 0.1) is 28.4 Å². The van der Waals surface area contributed by atoms with Crippen LogP contribution in [0.2, 0.25) is 0 Å². The summed E-state index contributed by atoms with van der Waals surface area (Å²) in [6.07, 6.45) is -2.61. The van der Waals surface area contributed by atoms with Crippen molar-refractivity contribution < 1.29 is 18.0 Å². The van der Waals surface area contributed by atoms with E-state index in [1.807, 2.05) is 71.0 Å². The van der Waals surface area contributed by atoms with Gasteiger partial charge in [0.1, 0.15) is 0 Å². The molecule has 0 aliphatic carbocycles. The average Bonchev–Trinajstić information content (AvgIpc) is 3.19. The number of carbonyl (C=O) groups excluding carboxylic acids is 1. The lowest BCUT2D eigenvalue weighted by molar-refractivity contribution is -0.137. The molecular formula is C27H24F3N3OS. The summed E-state index contributed by atoms with van der Waals surface area (Å²) in [6, 6.07) is 21.2. The van der Waals surface area contributed by atoms with E-state index in [-0.39, 0.29) is 11.4 Å². The number of fused-ring (bicyclic) bond motifs is 2. The standard InChI is InChI=1S/C27H24F3N3OS/c1-18(25(34)32-15-7-11-20-10-5-6-12-23(20)32)35-26-31-22-16-21(27(28,29)30)13-14-24(22)33(26)17-19-8-3-2-4-9-19/h2-6,8-10,12-14,16,18H,7,11,15,17H2,1H3. The number of hydrogen-bond donors (Lipinski definition) is 0. The second-order valence-corrected chi connectivity index (χ2v) is 9.96. The molecule has 0 bridgehead atoms. The molecule has 4 nitrogen and oxygen atoms in total. The summed E-state index contributed by atoms with van der Waals surface area (Å²) in [5.41, 5.74) is 3.22. The van der Waals surface area contributed by atoms with Gasteiger partial charge in [0.15, 0.2) is 5.16 Å². The number of imidazole rings is 1. The van der Waals surface area contributed by atoms with Crippen LogP contribution in [0.3, 0.4) is 0 Å². The van der Waals surface area contributed by atoms with Gasteiger partial charge < -0.3 is 9.47 Å². The molecule has 35 heavy (non-hydrogen) atoms. The molecule has 1 aliphatic rings. The molecule has 1 atom stereocenters. The van der Waals surface area contributed by atoms with Crippen LogP contribution in [0.25, 0.3) is 11.0 Å². The molecule has 0 N–H and O–H groups in total. The Balaban J connectivity index is 1.49. The van der Waals surface area contributed by atoms with Gasteiger partial charge in [-0.3, -0.25) is 4.79 Å². The van der Waals surface area contributed by atoms with Gasteiger partial charge in [-0.15, -0.1) is 0 Å². The molecule has 5 rings (SSSR count). The zero-order chi connectivity index (χ0) is 24.6. The highest BCUT2D eigenvalue weighted by Crippen LogP contribution is 2.35. The molecular weight excluding hydrogens is 471 g/mol. The molecule has 8 heteroatoms. The van der Waals surface area contributed by atoms with Gasteiger partial charge in [0.2, 0.25) is 5.91 Å². The lowest BCUT2D eigenvalue weighted by atomic mass is 10.0. The van der Waals surface area contributed by atoms with Gasteiger partial charge in [-0.25, -0.2) is 4.98 Å². The van der Waals surface area contributed by atoms with Crippen LogP contribution in [0.5, 0.6) is 0 Å². The zero-order valence-corrected chi connectivity index (χ0v) is 19.9. The number of nitrogens with zero attached hydrogens (tertiary/aromatic N) is 3. The van der Waals surface area contributed by atoms with Crippen molar-refractivity contribution in [1.82, 2.24) is 9.55 Å². The fraction of sp³-hybridized carbons (Fsp3) is 0.259. The number of anilines is 1. The van der Waals surface area contributed by atoms with E-state index in [0.717, 1.165) is 41.8 Å². The van der Waals surface area contributed by atoms with Crippen LogP contribution in [0, 0.1) is 0 Å². The third kappa shape index (κ3) is 4.80. The highest BCUT2D eigenvalue weighted by atomic mass is 32.2. The van der Waals surface area contributed by atoms with Crippen LogP contribution < -0.4 is 4.90 Å². The first-order valence-corrected chi connectivity index (χ1v) is 12.4. The molecule has 0 saturated carbocycles. The van der Waals surface area contributed by atoms with E-state index in [1.54, 1.807) is 0 Å². The highest BCUT2D eigenvalue weighted by molar-refractivity contribution is 8.00. The number of para-hydroxylation sites is 1. The number of halogens is 3. The molecule has 4 aromatic rings. The number of alkyl halides is 3. The smallest absolute Gasteiger partial charge is 0.314 e. The summed E-state index contributed by atoms with van der Waals surface area (Å²) < 4.78 is 41.9. The van der Waals surface area contributed by atoms with Crippen LogP contribution in [0.1, 0.15) is 30.0 Å². The number of benzene rings is 3. The number of aromatic nitrogens is 2. The van der Waals surface area contributed by atoms with Gasteiger partial charge in [0, 0.05) is 12.2 Å². The van der Waals surface area contributed by atoms with Crippen LogP contribution in [0.4, 0.5) is 18.9 Å². The summed E-state index contributed by atoms with van der Waals surface area (Å²) >= 11 is 1.28. The number of carbonyl (C=O) groups is 1. The molecule has 0 fully saturated rings. The minimum atomic E-state index is -4.45. The summed E-state index contributed by atoms with van der Waals surface area (Å²) in [7, 11) is 0. The number of thioether (sulfide) groups is 1. The molecule has 3 aromatic carbocycles. The normalized spacial score (nSPS) is 14.7. The first-order valence-electron chi connectivity index (χ1n) is 11.5. The van der Waals surface area contributed by atoms with E-state index in [0.29, 0.717) is 23.8 Å². The van der Waals surface area contributed by atoms with E-state index in [4.69, 9.17) is 0 Å². The van der Waals surface area contributed by atoms with Crippen molar-refractivity contribution in [3.8, 4) is 0 Å². The molecule has 0 radical (unpaired) electrons. The highest BCUT2D eigenvalue weighted by Gasteiger charge is 2.32. The lowest BCUT2D eigenvalue weighted by Crippen LogP contribution is -2.40. The SMILES string of the molecule is CC(Sc1nc2cc(C(F)(F)F)ccc2n1Cc1ccccc1)C(=O)N1CCCc2ccccc21. The first-order chi connectivity index (χ1) is 16.8. The molecule has 0 spiro atoms.